The summed E-state index contributed by atoms with van der Waals surface area (Å²) in [7, 11) is 2.19. The van der Waals surface area contributed by atoms with Gasteiger partial charge in [0, 0.05) is 37.3 Å². The van der Waals surface area contributed by atoms with Gasteiger partial charge < -0.3 is 4.90 Å². The molecule has 2 aliphatic rings. The summed E-state index contributed by atoms with van der Waals surface area (Å²) in [5.74, 6) is 0. The Hall–Kier alpha value is -0.190. The van der Waals surface area contributed by atoms with E-state index in [-0.39, 0.29) is 0 Å². The second-order valence-corrected chi connectivity index (χ2v) is 5.13. The molecule has 0 aromatic carbocycles. The molecule has 0 amide bonds. The minimum Gasteiger partial charge on any atom is -0.304 e. The molecule has 79 valence electrons. The lowest BCUT2D eigenvalue weighted by atomic mass is 10.3. The number of thioether (sulfide) groups is 1. The molecule has 2 aliphatic heterocycles. The van der Waals surface area contributed by atoms with Crippen molar-refractivity contribution in [3.05, 3.63) is 11.1 Å². The Morgan fingerprint density at radius 1 is 1.29 bits per heavy atom. The van der Waals surface area contributed by atoms with Crippen LogP contribution in [-0.4, -0.2) is 53.5 Å². The molecule has 0 aliphatic carbocycles. The van der Waals surface area contributed by atoms with Crippen LogP contribution in [0.5, 0.6) is 0 Å². The summed E-state index contributed by atoms with van der Waals surface area (Å²) in [6.07, 6.45) is 0. The minimum atomic E-state index is 0.526. The van der Waals surface area contributed by atoms with Crippen LogP contribution in [0.1, 0.15) is 13.8 Å². The summed E-state index contributed by atoms with van der Waals surface area (Å²) in [6.45, 7) is 9.00. The molecule has 0 N–H and O–H groups in total. The smallest absolute Gasteiger partial charge is 0.0924 e. The summed E-state index contributed by atoms with van der Waals surface area (Å²) < 4.78 is 0. The minimum absolute atomic E-state index is 0.526. The topological polar surface area (TPSA) is 9.72 Å². The fourth-order valence-corrected chi connectivity index (χ4v) is 2.82. The van der Waals surface area contributed by atoms with Crippen LogP contribution in [0.15, 0.2) is 5.70 Å². The third kappa shape index (κ3) is 1.92. The number of likely N-dealkylation sites (N-methyl/N-ethyl adjacent to an activating group) is 1. The van der Waals surface area contributed by atoms with Gasteiger partial charge in [-0.15, -0.1) is 0 Å². The number of rotatable bonds is 1. The van der Waals surface area contributed by atoms with Crippen molar-refractivity contribution in [2.75, 3.05) is 33.2 Å². The van der Waals surface area contributed by atoms with E-state index in [0.717, 1.165) is 13.1 Å². The molecule has 0 spiro atoms. The number of allylic oxidation sites excluding steroid dienone is 1. The summed E-state index contributed by atoms with van der Waals surface area (Å²) in [6, 6.07) is 0. The van der Waals surface area contributed by atoms with Gasteiger partial charge in [0.15, 0.2) is 0 Å². The van der Waals surface area contributed by atoms with Crippen LogP contribution in [0, 0.1) is 5.41 Å². The van der Waals surface area contributed by atoms with Crippen LogP contribution in [0.4, 0.5) is 0 Å². The van der Waals surface area contributed by atoms with Crippen molar-refractivity contribution < 1.29 is 0 Å². The van der Waals surface area contributed by atoms with Crippen molar-refractivity contribution in [3.8, 4) is 0 Å². The van der Waals surface area contributed by atoms with Crippen LogP contribution in [0.25, 0.3) is 0 Å². The second-order valence-electron chi connectivity index (χ2n) is 4.01. The summed E-state index contributed by atoms with van der Waals surface area (Å²) in [5, 5.41) is 8.70. The Kier molecular flexibility index (Phi) is 3.04. The first kappa shape index (κ1) is 10.3. The predicted molar refractivity (Wildman–Crippen MR) is 60.4 cm³/mol. The Balaban J connectivity index is 1.98. The van der Waals surface area contributed by atoms with Crippen LogP contribution in [-0.2, 0) is 0 Å². The maximum absolute atomic E-state index is 3.33. The van der Waals surface area contributed by atoms with Crippen LogP contribution in [0.3, 0.4) is 0 Å². The van der Waals surface area contributed by atoms with Crippen molar-refractivity contribution >= 4 is 11.8 Å². The summed E-state index contributed by atoms with van der Waals surface area (Å²) in [5.41, 5.74) is 1.27. The van der Waals surface area contributed by atoms with Crippen LogP contribution in [0.2, 0.25) is 0 Å². The average Bonchev–Trinajstić information content (AvgIpc) is 2.49. The molecule has 3 nitrogen and oxygen atoms in total. The second kappa shape index (κ2) is 4.13. The van der Waals surface area contributed by atoms with E-state index >= 15 is 0 Å². The Bertz CT molecular complexity index is 234. The van der Waals surface area contributed by atoms with Gasteiger partial charge in [0.25, 0.3) is 0 Å². The van der Waals surface area contributed by atoms with Crippen molar-refractivity contribution in [1.82, 2.24) is 14.9 Å². The summed E-state index contributed by atoms with van der Waals surface area (Å²) >= 11 is 1.79. The van der Waals surface area contributed by atoms with Crippen LogP contribution < -0.4 is 0 Å². The molecule has 0 saturated carbocycles. The molecule has 1 atom stereocenters. The molecule has 1 unspecified atom stereocenters. The first-order valence-corrected chi connectivity index (χ1v) is 6.04. The third-order valence-electron chi connectivity index (χ3n) is 2.85. The van der Waals surface area contributed by atoms with Crippen LogP contribution >= 0.6 is 11.8 Å². The van der Waals surface area contributed by atoms with Crippen molar-refractivity contribution in [2.24, 2.45) is 0 Å². The van der Waals surface area contributed by atoms with Crippen molar-refractivity contribution in [2.45, 2.75) is 19.2 Å². The number of nitrogens with zero attached hydrogens (tertiary/aromatic N) is 3. The molecule has 14 heavy (non-hydrogen) atoms. The molecular weight excluding hydrogens is 194 g/mol. The molecule has 0 aromatic heterocycles. The molecule has 0 aromatic rings. The van der Waals surface area contributed by atoms with E-state index in [4.69, 9.17) is 0 Å². The van der Waals surface area contributed by atoms with Gasteiger partial charge in [-0.25, -0.2) is 5.01 Å². The van der Waals surface area contributed by atoms with E-state index in [0.29, 0.717) is 5.37 Å². The lowest BCUT2D eigenvalue weighted by Crippen LogP contribution is -2.53. The van der Waals surface area contributed by atoms with E-state index < -0.39 is 0 Å². The highest BCUT2D eigenvalue weighted by Crippen LogP contribution is 2.30. The predicted octanol–water partition coefficient (Wildman–Crippen LogP) is 1.21. The SMILES string of the molecule is CC1=[C]SC(C)N1N1CCN(C)CC1. The molecule has 1 saturated heterocycles. The number of hydrogen-bond acceptors (Lipinski definition) is 4. The first-order valence-electron chi connectivity index (χ1n) is 5.16. The lowest BCUT2D eigenvalue weighted by molar-refractivity contribution is -0.0282. The molecule has 4 heteroatoms. The van der Waals surface area contributed by atoms with Gasteiger partial charge >= 0.3 is 0 Å². The molecular formula is C10H18N3S. The Morgan fingerprint density at radius 3 is 2.43 bits per heavy atom. The quantitative estimate of drug-likeness (QED) is 0.646. The average molecular weight is 212 g/mol. The maximum atomic E-state index is 3.33. The van der Waals surface area contributed by atoms with Gasteiger partial charge in [-0.3, -0.25) is 5.01 Å². The molecule has 2 heterocycles. The zero-order valence-electron chi connectivity index (χ0n) is 9.16. The zero-order valence-corrected chi connectivity index (χ0v) is 9.97. The van der Waals surface area contributed by atoms with E-state index in [1.165, 1.54) is 18.8 Å². The van der Waals surface area contributed by atoms with Gasteiger partial charge in [-0.2, -0.15) is 0 Å². The monoisotopic (exact) mass is 212 g/mol. The van der Waals surface area contributed by atoms with E-state index in [9.17, 15) is 0 Å². The fourth-order valence-electron chi connectivity index (χ4n) is 1.99. The van der Waals surface area contributed by atoms with Gasteiger partial charge in [0.05, 0.1) is 5.37 Å². The van der Waals surface area contributed by atoms with Crippen molar-refractivity contribution in [1.29, 1.82) is 0 Å². The van der Waals surface area contributed by atoms with E-state index in [2.05, 4.69) is 41.2 Å². The number of hydrazine groups is 1. The van der Waals surface area contributed by atoms with Gasteiger partial charge in [-0.1, -0.05) is 11.8 Å². The Labute approximate surface area is 90.7 Å². The van der Waals surface area contributed by atoms with E-state index in [1.807, 2.05) is 0 Å². The van der Waals surface area contributed by atoms with Crippen molar-refractivity contribution in [3.63, 3.8) is 0 Å². The largest absolute Gasteiger partial charge is 0.304 e. The molecule has 0 bridgehead atoms. The first-order chi connectivity index (χ1) is 6.68. The standard InChI is InChI=1S/C10H18N3S/c1-9-8-14-10(2)13(9)12-6-4-11(3)5-7-12/h10H,4-7H2,1-3H3. The van der Waals surface area contributed by atoms with Gasteiger partial charge in [0.1, 0.15) is 0 Å². The molecule has 2 rings (SSSR count). The summed E-state index contributed by atoms with van der Waals surface area (Å²) in [4.78, 5) is 2.38. The third-order valence-corrected chi connectivity index (χ3v) is 3.80. The normalized spacial score (nSPS) is 30.9. The van der Waals surface area contributed by atoms with E-state index in [1.54, 1.807) is 11.8 Å². The number of piperazine rings is 1. The highest BCUT2D eigenvalue weighted by molar-refractivity contribution is 8.01. The maximum Gasteiger partial charge on any atom is 0.0924 e. The molecule has 1 fully saturated rings. The van der Waals surface area contributed by atoms with Gasteiger partial charge in [0.2, 0.25) is 0 Å². The highest BCUT2D eigenvalue weighted by Gasteiger charge is 2.28. The lowest BCUT2D eigenvalue weighted by Gasteiger charge is -2.41. The molecule has 1 radical (unpaired) electrons. The Morgan fingerprint density at radius 2 is 1.93 bits per heavy atom. The highest BCUT2D eigenvalue weighted by atomic mass is 32.2. The van der Waals surface area contributed by atoms with Gasteiger partial charge in [-0.05, 0) is 20.9 Å². The number of hydrogen-bond donors (Lipinski definition) is 0. The fraction of sp³-hybridized carbons (Fsp3) is 0.800. The zero-order chi connectivity index (χ0) is 10.1.